The highest BCUT2D eigenvalue weighted by atomic mass is 16.5. The number of carbonyl (C=O) groups is 1. The highest BCUT2D eigenvalue weighted by Gasteiger charge is 2.32. The summed E-state index contributed by atoms with van der Waals surface area (Å²) in [6.45, 7) is 6.77. The van der Waals surface area contributed by atoms with Crippen LogP contribution in [0, 0.1) is 5.92 Å². The molecular formula is C14H29N3O2. The molecule has 0 bridgehead atoms. The quantitative estimate of drug-likeness (QED) is 0.711. The van der Waals surface area contributed by atoms with E-state index in [0.717, 1.165) is 26.2 Å². The van der Waals surface area contributed by atoms with Gasteiger partial charge in [-0.3, -0.25) is 4.79 Å². The second-order valence-electron chi connectivity index (χ2n) is 6.02. The summed E-state index contributed by atoms with van der Waals surface area (Å²) >= 11 is 0. The van der Waals surface area contributed by atoms with Gasteiger partial charge in [0, 0.05) is 19.2 Å². The van der Waals surface area contributed by atoms with Gasteiger partial charge >= 0.3 is 0 Å². The average Bonchev–Trinajstić information content (AvgIpc) is 2.39. The fourth-order valence-electron chi connectivity index (χ4n) is 2.61. The lowest BCUT2D eigenvalue weighted by Gasteiger charge is -2.35. The van der Waals surface area contributed by atoms with Crippen molar-refractivity contribution in [1.82, 2.24) is 10.2 Å². The number of carbonyl (C=O) groups excluding carboxylic acids is 1. The molecule has 1 aliphatic rings. The van der Waals surface area contributed by atoms with E-state index in [1.807, 2.05) is 6.92 Å². The molecule has 1 rings (SSSR count). The van der Waals surface area contributed by atoms with Crippen LogP contribution in [0.25, 0.3) is 0 Å². The van der Waals surface area contributed by atoms with Gasteiger partial charge in [0.05, 0.1) is 12.1 Å². The van der Waals surface area contributed by atoms with E-state index in [9.17, 15) is 4.79 Å². The number of nitrogens with zero attached hydrogens (tertiary/aromatic N) is 1. The van der Waals surface area contributed by atoms with Crippen LogP contribution in [0.15, 0.2) is 0 Å². The number of hydrogen-bond acceptors (Lipinski definition) is 4. The van der Waals surface area contributed by atoms with E-state index in [1.54, 1.807) is 7.05 Å². The van der Waals surface area contributed by atoms with E-state index in [2.05, 4.69) is 24.2 Å². The van der Waals surface area contributed by atoms with Crippen LogP contribution in [0.1, 0.15) is 33.1 Å². The molecule has 5 heteroatoms. The molecule has 1 amide bonds. The van der Waals surface area contributed by atoms with Crippen LogP contribution < -0.4 is 11.1 Å². The number of ether oxygens (including phenoxy) is 1. The van der Waals surface area contributed by atoms with Crippen molar-refractivity contribution in [3.8, 4) is 0 Å². The fourth-order valence-corrected chi connectivity index (χ4v) is 2.61. The van der Waals surface area contributed by atoms with E-state index >= 15 is 0 Å². The molecule has 0 aliphatic carbocycles. The molecule has 0 saturated carbocycles. The summed E-state index contributed by atoms with van der Waals surface area (Å²) in [5, 5.41) is 3.04. The van der Waals surface area contributed by atoms with Gasteiger partial charge in [-0.1, -0.05) is 0 Å². The zero-order chi connectivity index (χ0) is 14.5. The molecule has 5 nitrogen and oxygen atoms in total. The maximum atomic E-state index is 11.5. The van der Waals surface area contributed by atoms with Crippen molar-refractivity contribution < 1.29 is 9.53 Å². The monoisotopic (exact) mass is 271 g/mol. The SMILES string of the molecule is CNC(C)(CC(C)N(C)CC1CCCOC1)C(N)=O. The lowest BCUT2D eigenvalue weighted by molar-refractivity contribution is -0.124. The lowest BCUT2D eigenvalue weighted by atomic mass is 9.91. The van der Waals surface area contributed by atoms with Gasteiger partial charge in [-0.05, 0) is 53.1 Å². The Balaban J connectivity index is 2.46. The zero-order valence-electron chi connectivity index (χ0n) is 12.7. The number of nitrogens with two attached hydrogens (primary N) is 1. The van der Waals surface area contributed by atoms with Crippen molar-refractivity contribution in [2.75, 3.05) is 33.9 Å². The van der Waals surface area contributed by atoms with Crippen LogP contribution in [0.3, 0.4) is 0 Å². The highest BCUT2D eigenvalue weighted by Crippen LogP contribution is 2.19. The zero-order valence-corrected chi connectivity index (χ0v) is 12.7. The summed E-state index contributed by atoms with van der Waals surface area (Å²) in [6.07, 6.45) is 3.10. The molecule has 1 saturated heterocycles. The van der Waals surface area contributed by atoms with Gasteiger partial charge in [0.2, 0.25) is 5.91 Å². The van der Waals surface area contributed by atoms with Crippen LogP contribution in [-0.2, 0) is 9.53 Å². The molecule has 1 fully saturated rings. The summed E-state index contributed by atoms with van der Waals surface area (Å²) in [7, 11) is 3.89. The van der Waals surface area contributed by atoms with Gasteiger partial charge in [-0.25, -0.2) is 0 Å². The van der Waals surface area contributed by atoms with Gasteiger partial charge in [-0.15, -0.1) is 0 Å². The van der Waals surface area contributed by atoms with Crippen LogP contribution >= 0.6 is 0 Å². The fraction of sp³-hybridized carbons (Fsp3) is 0.929. The van der Waals surface area contributed by atoms with Crippen molar-refractivity contribution >= 4 is 5.91 Å². The van der Waals surface area contributed by atoms with E-state index < -0.39 is 5.54 Å². The standard InChI is InChI=1S/C14H29N3O2/c1-11(8-14(2,16-3)13(15)18)17(4)9-12-6-5-7-19-10-12/h11-12,16H,5-10H2,1-4H3,(H2,15,18). The molecular weight excluding hydrogens is 242 g/mol. The largest absolute Gasteiger partial charge is 0.381 e. The molecule has 19 heavy (non-hydrogen) atoms. The van der Waals surface area contributed by atoms with E-state index in [1.165, 1.54) is 6.42 Å². The molecule has 0 aromatic carbocycles. The minimum Gasteiger partial charge on any atom is -0.381 e. The predicted molar refractivity (Wildman–Crippen MR) is 76.9 cm³/mol. The van der Waals surface area contributed by atoms with Gasteiger partial charge < -0.3 is 20.7 Å². The maximum Gasteiger partial charge on any atom is 0.237 e. The van der Waals surface area contributed by atoms with Crippen LogP contribution in [-0.4, -0.2) is 56.2 Å². The first kappa shape index (κ1) is 16.4. The molecule has 1 heterocycles. The second-order valence-corrected chi connectivity index (χ2v) is 6.02. The Kier molecular flexibility index (Phi) is 6.23. The number of likely N-dealkylation sites (N-methyl/N-ethyl adjacent to an activating group) is 1. The molecule has 0 aromatic rings. The third-order valence-corrected chi connectivity index (χ3v) is 4.35. The summed E-state index contributed by atoms with van der Waals surface area (Å²) in [6, 6.07) is 0.298. The first-order valence-corrected chi connectivity index (χ1v) is 7.16. The van der Waals surface area contributed by atoms with Gasteiger partial charge in [0.15, 0.2) is 0 Å². The second kappa shape index (κ2) is 7.22. The predicted octanol–water partition coefficient (Wildman–Crippen LogP) is 0.587. The summed E-state index contributed by atoms with van der Waals surface area (Å²) in [4.78, 5) is 13.8. The van der Waals surface area contributed by atoms with Gasteiger partial charge in [0.1, 0.15) is 0 Å². The van der Waals surface area contributed by atoms with E-state index in [-0.39, 0.29) is 5.91 Å². The van der Waals surface area contributed by atoms with Crippen LogP contribution in [0.4, 0.5) is 0 Å². The van der Waals surface area contributed by atoms with Crippen molar-refractivity contribution in [2.45, 2.75) is 44.7 Å². The van der Waals surface area contributed by atoms with Crippen molar-refractivity contribution in [1.29, 1.82) is 0 Å². The van der Waals surface area contributed by atoms with Crippen LogP contribution in [0.5, 0.6) is 0 Å². The molecule has 0 radical (unpaired) electrons. The summed E-state index contributed by atoms with van der Waals surface area (Å²) in [5.41, 5.74) is 4.83. The molecule has 112 valence electrons. The van der Waals surface area contributed by atoms with Gasteiger partial charge in [0.25, 0.3) is 0 Å². The Labute approximate surface area is 116 Å². The minimum absolute atomic E-state index is 0.295. The number of amides is 1. The Morgan fingerprint density at radius 3 is 2.79 bits per heavy atom. The molecule has 1 aliphatic heterocycles. The first-order chi connectivity index (χ1) is 8.89. The van der Waals surface area contributed by atoms with Crippen molar-refractivity contribution in [2.24, 2.45) is 11.7 Å². The van der Waals surface area contributed by atoms with Crippen molar-refractivity contribution in [3.63, 3.8) is 0 Å². The molecule has 3 N–H and O–H groups in total. The molecule has 3 atom stereocenters. The van der Waals surface area contributed by atoms with E-state index in [4.69, 9.17) is 10.5 Å². The third-order valence-electron chi connectivity index (χ3n) is 4.35. The third kappa shape index (κ3) is 4.75. The lowest BCUT2D eigenvalue weighted by Crippen LogP contribution is -2.55. The number of nitrogens with one attached hydrogen (secondary N) is 1. The summed E-state index contributed by atoms with van der Waals surface area (Å²) in [5.74, 6) is 0.312. The maximum absolute atomic E-state index is 11.5. The number of primary amides is 1. The number of hydrogen-bond donors (Lipinski definition) is 2. The van der Waals surface area contributed by atoms with Gasteiger partial charge in [-0.2, -0.15) is 0 Å². The molecule has 3 unspecified atom stereocenters. The summed E-state index contributed by atoms with van der Waals surface area (Å²) < 4.78 is 5.51. The average molecular weight is 271 g/mol. The smallest absolute Gasteiger partial charge is 0.237 e. The Hall–Kier alpha value is -0.650. The normalized spacial score (nSPS) is 25.0. The first-order valence-electron chi connectivity index (χ1n) is 7.16. The highest BCUT2D eigenvalue weighted by molar-refractivity contribution is 5.84. The Morgan fingerprint density at radius 2 is 2.32 bits per heavy atom. The van der Waals surface area contributed by atoms with Crippen LogP contribution in [0.2, 0.25) is 0 Å². The Morgan fingerprint density at radius 1 is 1.63 bits per heavy atom. The van der Waals surface area contributed by atoms with E-state index in [0.29, 0.717) is 18.4 Å². The Bertz CT molecular complexity index is 292. The van der Waals surface area contributed by atoms with Crippen molar-refractivity contribution in [3.05, 3.63) is 0 Å². The molecule has 0 aromatic heterocycles. The molecule has 0 spiro atoms. The number of rotatable bonds is 7. The topological polar surface area (TPSA) is 67.6 Å². The minimum atomic E-state index is -0.642.